The van der Waals surface area contributed by atoms with Crippen molar-refractivity contribution in [2.75, 3.05) is 6.61 Å². The van der Waals surface area contributed by atoms with Crippen LogP contribution in [0.3, 0.4) is 0 Å². The zero-order valence-electron chi connectivity index (χ0n) is 14.2. The van der Waals surface area contributed by atoms with E-state index in [1.807, 2.05) is 13.8 Å². The zero-order chi connectivity index (χ0) is 19.2. The minimum atomic E-state index is -4.70. The number of halogens is 4. The molecule has 0 spiro atoms. The number of alkyl halides is 3. The summed E-state index contributed by atoms with van der Waals surface area (Å²) in [4.78, 5) is 23.7. The van der Waals surface area contributed by atoms with Crippen LogP contribution in [0.25, 0.3) is 0 Å². The number of amides is 1. The van der Waals surface area contributed by atoms with Crippen molar-refractivity contribution in [3.8, 4) is 0 Å². The molecule has 0 saturated carbocycles. The fourth-order valence-corrected chi connectivity index (χ4v) is 2.00. The van der Waals surface area contributed by atoms with E-state index in [4.69, 9.17) is 4.74 Å². The van der Waals surface area contributed by atoms with Crippen LogP contribution in [-0.2, 0) is 15.7 Å². The van der Waals surface area contributed by atoms with Gasteiger partial charge in [0.1, 0.15) is 11.9 Å². The van der Waals surface area contributed by atoms with E-state index in [9.17, 15) is 27.2 Å². The molecule has 25 heavy (non-hydrogen) atoms. The van der Waals surface area contributed by atoms with E-state index in [1.54, 1.807) is 0 Å². The van der Waals surface area contributed by atoms with Crippen molar-refractivity contribution in [3.63, 3.8) is 0 Å². The smallest absolute Gasteiger partial charge is 0.416 e. The average Bonchev–Trinajstić information content (AvgIpc) is 2.50. The monoisotopic (exact) mass is 363 g/mol. The van der Waals surface area contributed by atoms with Crippen molar-refractivity contribution in [1.82, 2.24) is 5.32 Å². The molecular formula is C17H21F4NO3. The van der Waals surface area contributed by atoms with Crippen molar-refractivity contribution >= 4 is 11.9 Å². The lowest BCUT2D eigenvalue weighted by molar-refractivity contribution is -0.145. The van der Waals surface area contributed by atoms with Crippen LogP contribution in [0.15, 0.2) is 18.2 Å². The molecule has 4 nitrogen and oxygen atoms in total. The van der Waals surface area contributed by atoms with Gasteiger partial charge in [0, 0.05) is 0 Å². The minimum absolute atomic E-state index is 0.176. The van der Waals surface area contributed by atoms with Crippen LogP contribution in [0.1, 0.15) is 49.5 Å². The van der Waals surface area contributed by atoms with Gasteiger partial charge in [0.25, 0.3) is 5.91 Å². The van der Waals surface area contributed by atoms with Gasteiger partial charge < -0.3 is 10.1 Å². The summed E-state index contributed by atoms with van der Waals surface area (Å²) in [5, 5.41) is 2.14. The summed E-state index contributed by atoms with van der Waals surface area (Å²) < 4.78 is 56.6. The quantitative estimate of drug-likeness (QED) is 0.454. The molecule has 0 aliphatic rings. The van der Waals surface area contributed by atoms with Crippen LogP contribution in [0.4, 0.5) is 17.6 Å². The molecule has 0 aromatic heterocycles. The van der Waals surface area contributed by atoms with Gasteiger partial charge in [0.15, 0.2) is 0 Å². The first kappa shape index (κ1) is 20.9. The maximum atomic E-state index is 13.6. The Morgan fingerprint density at radius 1 is 1.20 bits per heavy atom. The van der Waals surface area contributed by atoms with Gasteiger partial charge in [0.2, 0.25) is 0 Å². The average molecular weight is 363 g/mol. The second-order valence-electron chi connectivity index (χ2n) is 6.09. The molecule has 0 fully saturated rings. The summed E-state index contributed by atoms with van der Waals surface area (Å²) in [7, 11) is 0. The Balaban J connectivity index is 2.67. The highest BCUT2D eigenvalue weighted by Gasteiger charge is 2.32. The molecule has 0 radical (unpaired) electrons. The highest BCUT2D eigenvalue weighted by Crippen LogP contribution is 2.30. The first-order valence-corrected chi connectivity index (χ1v) is 7.86. The van der Waals surface area contributed by atoms with Crippen molar-refractivity contribution in [2.24, 2.45) is 5.92 Å². The van der Waals surface area contributed by atoms with E-state index in [0.29, 0.717) is 30.5 Å². The maximum absolute atomic E-state index is 13.6. The lowest BCUT2D eigenvalue weighted by Crippen LogP contribution is -2.40. The molecule has 1 rings (SSSR count). The summed E-state index contributed by atoms with van der Waals surface area (Å²) in [6, 6.07) is 0.400. The van der Waals surface area contributed by atoms with Crippen molar-refractivity contribution in [1.29, 1.82) is 0 Å². The number of rotatable bonds is 7. The number of nitrogens with one attached hydrogen (secondary N) is 1. The highest BCUT2D eigenvalue weighted by molar-refractivity contribution is 5.97. The number of benzene rings is 1. The Morgan fingerprint density at radius 3 is 2.40 bits per heavy atom. The van der Waals surface area contributed by atoms with E-state index in [-0.39, 0.29) is 6.61 Å². The Hall–Kier alpha value is -2.12. The van der Waals surface area contributed by atoms with Crippen molar-refractivity contribution < 1.29 is 31.9 Å². The number of hydrogen-bond acceptors (Lipinski definition) is 3. The zero-order valence-corrected chi connectivity index (χ0v) is 14.2. The normalized spacial score (nSPS) is 12.8. The van der Waals surface area contributed by atoms with Gasteiger partial charge in [-0.05, 0) is 43.9 Å². The fourth-order valence-electron chi connectivity index (χ4n) is 2.00. The number of carbonyl (C=O) groups is 2. The third-order valence-electron chi connectivity index (χ3n) is 3.41. The molecule has 1 aromatic carbocycles. The third-order valence-corrected chi connectivity index (χ3v) is 3.41. The lowest BCUT2D eigenvalue weighted by Gasteiger charge is -2.15. The molecule has 140 valence electrons. The molecule has 1 N–H and O–H groups in total. The van der Waals surface area contributed by atoms with E-state index in [1.165, 1.54) is 6.92 Å². The number of hydrogen-bond donors (Lipinski definition) is 1. The highest BCUT2D eigenvalue weighted by atomic mass is 19.4. The standard InChI is InChI=1S/C17H21F4NO3/c1-10(2)5-4-8-25-16(24)11(3)22-15(23)13-9-12(17(19,20)21)6-7-14(13)18/h6-7,9-11H,4-5,8H2,1-3H3,(H,22,23). The summed E-state index contributed by atoms with van der Waals surface area (Å²) in [6.45, 7) is 5.53. The molecular weight excluding hydrogens is 342 g/mol. The van der Waals surface area contributed by atoms with Gasteiger partial charge in [-0.3, -0.25) is 4.79 Å². The minimum Gasteiger partial charge on any atom is -0.464 e. The summed E-state index contributed by atoms with van der Waals surface area (Å²) in [5.41, 5.74) is -1.93. The van der Waals surface area contributed by atoms with Crippen LogP contribution in [0.5, 0.6) is 0 Å². The molecule has 8 heteroatoms. The number of ether oxygens (including phenoxy) is 1. The second-order valence-corrected chi connectivity index (χ2v) is 6.09. The Bertz CT molecular complexity index is 614. The molecule has 0 aliphatic carbocycles. The van der Waals surface area contributed by atoms with E-state index < -0.39 is 41.0 Å². The number of carbonyl (C=O) groups excluding carboxylic acids is 2. The second kappa shape index (κ2) is 8.82. The largest absolute Gasteiger partial charge is 0.464 e. The van der Waals surface area contributed by atoms with Gasteiger partial charge in [-0.1, -0.05) is 13.8 Å². The van der Waals surface area contributed by atoms with Gasteiger partial charge >= 0.3 is 12.1 Å². The van der Waals surface area contributed by atoms with Crippen molar-refractivity contribution in [2.45, 2.75) is 45.8 Å². The van der Waals surface area contributed by atoms with Crippen LogP contribution < -0.4 is 5.32 Å². The summed E-state index contributed by atoms with van der Waals surface area (Å²) >= 11 is 0. The van der Waals surface area contributed by atoms with Crippen molar-refractivity contribution in [3.05, 3.63) is 35.1 Å². The van der Waals surface area contributed by atoms with Gasteiger partial charge in [-0.25, -0.2) is 9.18 Å². The van der Waals surface area contributed by atoms with Crippen LogP contribution in [0.2, 0.25) is 0 Å². The fraction of sp³-hybridized carbons (Fsp3) is 0.529. The molecule has 1 unspecified atom stereocenters. The van der Waals surface area contributed by atoms with Crippen LogP contribution in [-0.4, -0.2) is 24.5 Å². The SMILES string of the molecule is CC(C)CCCOC(=O)C(C)NC(=O)c1cc(C(F)(F)F)ccc1F. The molecule has 1 amide bonds. The predicted octanol–water partition coefficient (Wildman–Crippen LogP) is 3.94. The van der Waals surface area contributed by atoms with E-state index >= 15 is 0 Å². The van der Waals surface area contributed by atoms with Gasteiger partial charge in [-0.15, -0.1) is 0 Å². The van der Waals surface area contributed by atoms with Gasteiger partial charge in [0.05, 0.1) is 17.7 Å². The molecule has 0 bridgehead atoms. The molecule has 0 heterocycles. The predicted molar refractivity (Wildman–Crippen MR) is 83.4 cm³/mol. The summed E-state index contributed by atoms with van der Waals surface area (Å²) in [5.74, 6) is -2.50. The van der Waals surface area contributed by atoms with Crippen LogP contribution in [0, 0.1) is 11.7 Å². The van der Waals surface area contributed by atoms with E-state index in [0.717, 1.165) is 6.42 Å². The molecule has 0 aliphatic heterocycles. The molecule has 1 atom stereocenters. The first-order valence-electron chi connectivity index (χ1n) is 7.86. The van der Waals surface area contributed by atoms with E-state index in [2.05, 4.69) is 5.32 Å². The molecule has 1 aromatic rings. The first-order chi connectivity index (χ1) is 11.5. The number of esters is 1. The third kappa shape index (κ3) is 6.72. The van der Waals surface area contributed by atoms with Crippen LogP contribution >= 0.6 is 0 Å². The summed E-state index contributed by atoms with van der Waals surface area (Å²) in [6.07, 6.45) is -3.18. The Labute approximate surface area is 143 Å². The molecule has 0 saturated heterocycles. The Morgan fingerprint density at radius 2 is 1.84 bits per heavy atom. The maximum Gasteiger partial charge on any atom is 0.416 e. The van der Waals surface area contributed by atoms with Gasteiger partial charge in [-0.2, -0.15) is 13.2 Å². The topological polar surface area (TPSA) is 55.4 Å². The Kier molecular flexibility index (Phi) is 7.38. The lowest BCUT2D eigenvalue weighted by atomic mass is 10.1.